The van der Waals surface area contributed by atoms with Crippen LogP contribution in [0.1, 0.15) is 30.9 Å². The minimum Gasteiger partial charge on any atom is -0.327 e. The van der Waals surface area contributed by atoms with E-state index in [0.717, 1.165) is 0 Å². The Morgan fingerprint density at radius 1 is 1.46 bits per heavy atom. The Hall–Kier alpha value is -0.890. The molecule has 1 aromatic rings. The van der Waals surface area contributed by atoms with Crippen LogP contribution in [0.2, 0.25) is 0 Å². The molecule has 1 unspecified atom stereocenters. The van der Waals surface area contributed by atoms with Crippen molar-refractivity contribution in [1.82, 2.24) is 4.98 Å². The summed E-state index contributed by atoms with van der Waals surface area (Å²) in [5, 5.41) is 0. The van der Waals surface area contributed by atoms with Gasteiger partial charge in [0, 0.05) is 23.9 Å². The summed E-state index contributed by atoms with van der Waals surface area (Å²) < 4.78 is 0. The Balaban J connectivity index is 2.35. The van der Waals surface area contributed by atoms with Gasteiger partial charge >= 0.3 is 0 Å². The van der Waals surface area contributed by atoms with Gasteiger partial charge in [-0.05, 0) is 37.8 Å². The van der Waals surface area contributed by atoms with E-state index in [2.05, 4.69) is 24.9 Å². The minimum absolute atomic E-state index is 0.246. The summed E-state index contributed by atoms with van der Waals surface area (Å²) in [4.78, 5) is 4.22. The van der Waals surface area contributed by atoms with E-state index in [4.69, 9.17) is 5.73 Å². The highest BCUT2D eigenvalue weighted by Gasteiger charge is 2.47. The largest absolute Gasteiger partial charge is 0.327 e. The first kappa shape index (κ1) is 8.70. The van der Waals surface area contributed by atoms with Gasteiger partial charge < -0.3 is 5.73 Å². The molecule has 1 aliphatic carbocycles. The van der Waals surface area contributed by atoms with Crippen LogP contribution in [0, 0.1) is 6.92 Å². The van der Waals surface area contributed by atoms with Crippen LogP contribution in [0.5, 0.6) is 0 Å². The molecule has 1 aliphatic rings. The predicted octanol–water partition coefficient (Wildman–Crippen LogP) is 1.77. The summed E-state index contributed by atoms with van der Waals surface area (Å²) in [5.74, 6) is 0. The molecule has 0 bridgehead atoms. The van der Waals surface area contributed by atoms with Crippen LogP contribution in [0.4, 0.5) is 0 Å². The number of hydrogen-bond donors (Lipinski definition) is 1. The highest BCUT2D eigenvalue weighted by atomic mass is 14.7. The van der Waals surface area contributed by atoms with Gasteiger partial charge in [-0.25, -0.2) is 0 Å². The van der Waals surface area contributed by atoms with Gasteiger partial charge in [-0.15, -0.1) is 0 Å². The first-order valence-electron chi connectivity index (χ1n) is 4.83. The van der Waals surface area contributed by atoms with Crippen molar-refractivity contribution in [2.75, 3.05) is 0 Å². The number of nitrogens with two attached hydrogens (primary N) is 1. The van der Waals surface area contributed by atoms with Gasteiger partial charge in [-0.2, -0.15) is 0 Å². The van der Waals surface area contributed by atoms with Gasteiger partial charge in [-0.3, -0.25) is 4.98 Å². The minimum atomic E-state index is 0.246. The lowest BCUT2D eigenvalue weighted by Gasteiger charge is -2.19. The smallest absolute Gasteiger partial charge is 0.0306 e. The normalized spacial score (nSPS) is 21.2. The Morgan fingerprint density at radius 3 is 2.62 bits per heavy atom. The third kappa shape index (κ3) is 1.35. The van der Waals surface area contributed by atoms with Crippen molar-refractivity contribution < 1.29 is 0 Å². The maximum atomic E-state index is 5.99. The lowest BCUT2D eigenvalue weighted by atomic mass is 9.90. The SMILES string of the molecule is Cc1cncc(C2(C(C)N)CC2)c1. The van der Waals surface area contributed by atoms with Crippen LogP contribution in [0.3, 0.4) is 0 Å². The van der Waals surface area contributed by atoms with Crippen LogP contribution in [0.15, 0.2) is 18.5 Å². The zero-order chi connectivity index (χ0) is 9.47. The zero-order valence-electron chi connectivity index (χ0n) is 8.25. The van der Waals surface area contributed by atoms with E-state index in [9.17, 15) is 0 Å². The summed E-state index contributed by atoms with van der Waals surface area (Å²) >= 11 is 0. The fourth-order valence-electron chi connectivity index (χ4n) is 1.97. The Morgan fingerprint density at radius 2 is 2.15 bits per heavy atom. The molecule has 0 spiro atoms. The van der Waals surface area contributed by atoms with Gasteiger partial charge in [0.2, 0.25) is 0 Å². The maximum Gasteiger partial charge on any atom is 0.0306 e. The van der Waals surface area contributed by atoms with E-state index >= 15 is 0 Å². The lowest BCUT2D eigenvalue weighted by molar-refractivity contribution is 0.554. The van der Waals surface area contributed by atoms with Gasteiger partial charge in [0.15, 0.2) is 0 Å². The summed E-state index contributed by atoms with van der Waals surface area (Å²) in [5.41, 5.74) is 8.78. The van der Waals surface area contributed by atoms with Crippen LogP contribution >= 0.6 is 0 Å². The average molecular weight is 176 g/mol. The topological polar surface area (TPSA) is 38.9 Å². The summed E-state index contributed by atoms with van der Waals surface area (Å²) in [6.07, 6.45) is 6.29. The molecular formula is C11H16N2. The van der Waals surface area contributed by atoms with Crippen molar-refractivity contribution in [3.05, 3.63) is 29.6 Å². The summed E-state index contributed by atoms with van der Waals surface area (Å²) in [7, 11) is 0. The third-order valence-electron chi connectivity index (χ3n) is 3.11. The molecule has 1 saturated carbocycles. The number of rotatable bonds is 2. The van der Waals surface area contributed by atoms with Crippen LogP contribution in [-0.2, 0) is 5.41 Å². The monoisotopic (exact) mass is 176 g/mol. The molecule has 0 aromatic carbocycles. The molecular weight excluding hydrogens is 160 g/mol. The number of aryl methyl sites for hydroxylation is 1. The number of nitrogens with zero attached hydrogens (tertiary/aromatic N) is 1. The van der Waals surface area contributed by atoms with E-state index in [1.165, 1.54) is 24.0 Å². The molecule has 2 rings (SSSR count). The second-order valence-electron chi connectivity index (χ2n) is 4.20. The molecule has 0 radical (unpaired) electrons. The van der Waals surface area contributed by atoms with E-state index < -0.39 is 0 Å². The van der Waals surface area contributed by atoms with Crippen molar-refractivity contribution in [2.45, 2.75) is 38.1 Å². The van der Waals surface area contributed by atoms with Gasteiger partial charge in [0.05, 0.1) is 0 Å². The number of aromatic nitrogens is 1. The fraction of sp³-hybridized carbons (Fsp3) is 0.545. The molecule has 1 atom stereocenters. The standard InChI is InChI=1S/C11H16N2/c1-8-5-10(7-13-6-8)11(3-4-11)9(2)12/h5-7,9H,3-4,12H2,1-2H3. The molecule has 2 nitrogen and oxygen atoms in total. The maximum absolute atomic E-state index is 5.99. The highest BCUT2D eigenvalue weighted by Crippen LogP contribution is 2.50. The molecule has 2 N–H and O–H groups in total. The lowest BCUT2D eigenvalue weighted by Crippen LogP contribution is -2.31. The molecule has 0 aliphatic heterocycles. The second-order valence-corrected chi connectivity index (χ2v) is 4.20. The molecule has 13 heavy (non-hydrogen) atoms. The van der Waals surface area contributed by atoms with Crippen LogP contribution in [0.25, 0.3) is 0 Å². The Bertz CT molecular complexity index is 314. The molecule has 0 saturated heterocycles. The predicted molar refractivity (Wildman–Crippen MR) is 53.5 cm³/mol. The molecule has 1 fully saturated rings. The van der Waals surface area contributed by atoms with Crippen molar-refractivity contribution in [2.24, 2.45) is 5.73 Å². The average Bonchev–Trinajstić information content (AvgIpc) is 2.83. The summed E-state index contributed by atoms with van der Waals surface area (Å²) in [6, 6.07) is 2.46. The number of pyridine rings is 1. The summed E-state index contributed by atoms with van der Waals surface area (Å²) in [6.45, 7) is 4.17. The molecule has 1 heterocycles. The molecule has 2 heteroatoms. The van der Waals surface area contributed by atoms with E-state index in [-0.39, 0.29) is 11.5 Å². The molecule has 1 aromatic heterocycles. The number of hydrogen-bond acceptors (Lipinski definition) is 2. The zero-order valence-corrected chi connectivity index (χ0v) is 8.25. The van der Waals surface area contributed by atoms with Crippen LogP contribution < -0.4 is 5.73 Å². The quantitative estimate of drug-likeness (QED) is 0.745. The van der Waals surface area contributed by atoms with Crippen molar-refractivity contribution in [3.8, 4) is 0 Å². The van der Waals surface area contributed by atoms with E-state index in [0.29, 0.717) is 0 Å². The second kappa shape index (κ2) is 2.81. The third-order valence-corrected chi connectivity index (χ3v) is 3.11. The molecule has 70 valence electrons. The Kier molecular flexibility index (Phi) is 1.88. The first-order chi connectivity index (χ1) is 6.15. The van der Waals surface area contributed by atoms with Crippen molar-refractivity contribution >= 4 is 0 Å². The van der Waals surface area contributed by atoms with Gasteiger partial charge in [-0.1, -0.05) is 6.07 Å². The fourth-order valence-corrected chi connectivity index (χ4v) is 1.97. The first-order valence-corrected chi connectivity index (χ1v) is 4.83. The van der Waals surface area contributed by atoms with E-state index in [1.807, 2.05) is 12.4 Å². The van der Waals surface area contributed by atoms with Gasteiger partial charge in [0.1, 0.15) is 0 Å². The van der Waals surface area contributed by atoms with Crippen LogP contribution in [-0.4, -0.2) is 11.0 Å². The molecule has 0 amide bonds. The van der Waals surface area contributed by atoms with Gasteiger partial charge in [0.25, 0.3) is 0 Å². The van der Waals surface area contributed by atoms with Crippen molar-refractivity contribution in [1.29, 1.82) is 0 Å². The highest BCUT2D eigenvalue weighted by molar-refractivity contribution is 5.33. The van der Waals surface area contributed by atoms with Crippen molar-refractivity contribution in [3.63, 3.8) is 0 Å². The Labute approximate surface area is 79.2 Å². The van der Waals surface area contributed by atoms with E-state index in [1.54, 1.807) is 0 Å².